The maximum absolute atomic E-state index is 13.3. The van der Waals surface area contributed by atoms with Gasteiger partial charge in [-0.15, -0.1) is 0 Å². The summed E-state index contributed by atoms with van der Waals surface area (Å²) in [6, 6.07) is 16.8. The van der Waals surface area contributed by atoms with Gasteiger partial charge >= 0.3 is 0 Å². The summed E-state index contributed by atoms with van der Waals surface area (Å²) < 4.78 is 14.0. The molecule has 0 aliphatic heterocycles. The van der Waals surface area contributed by atoms with Crippen LogP contribution in [0.1, 0.15) is 10.4 Å². The van der Waals surface area contributed by atoms with Crippen LogP contribution in [-0.4, -0.2) is 20.9 Å². The normalized spacial score (nSPS) is 10.6. The molecule has 4 aromatic rings. The Morgan fingerprint density at radius 2 is 1.66 bits per heavy atom. The second-order valence-corrected chi connectivity index (χ2v) is 6.99. The lowest BCUT2D eigenvalue weighted by molar-refractivity contribution is 0.102. The van der Waals surface area contributed by atoms with E-state index in [1.54, 1.807) is 42.7 Å². The van der Waals surface area contributed by atoms with Gasteiger partial charge in [0.25, 0.3) is 5.91 Å². The minimum absolute atomic E-state index is 0.317. The number of hydrogen-bond acceptors (Lipinski definition) is 4. The standard InChI is InChI=1S/C22H14BrFN4O/c23-18-3-1-2-4-19(18)27-22(29)17-13-26-21(15-5-7-16(24)8-6-15)28-20(17)14-9-11-25-12-10-14/h1-13H,(H,27,29). The zero-order valence-corrected chi connectivity index (χ0v) is 16.6. The minimum Gasteiger partial charge on any atom is -0.321 e. The summed E-state index contributed by atoms with van der Waals surface area (Å²) in [4.78, 5) is 25.9. The maximum atomic E-state index is 13.3. The highest BCUT2D eigenvalue weighted by molar-refractivity contribution is 9.10. The summed E-state index contributed by atoms with van der Waals surface area (Å²) in [6.07, 6.45) is 4.74. The van der Waals surface area contributed by atoms with E-state index in [9.17, 15) is 9.18 Å². The van der Waals surface area contributed by atoms with Gasteiger partial charge in [0, 0.05) is 34.2 Å². The lowest BCUT2D eigenvalue weighted by Gasteiger charge is -2.12. The van der Waals surface area contributed by atoms with Gasteiger partial charge in [-0.1, -0.05) is 12.1 Å². The third-order valence-corrected chi connectivity index (χ3v) is 4.90. The van der Waals surface area contributed by atoms with Gasteiger partial charge in [0.1, 0.15) is 5.82 Å². The van der Waals surface area contributed by atoms with Crippen molar-refractivity contribution < 1.29 is 9.18 Å². The molecule has 4 rings (SSSR count). The topological polar surface area (TPSA) is 67.8 Å². The molecule has 0 atom stereocenters. The van der Waals surface area contributed by atoms with E-state index >= 15 is 0 Å². The molecule has 5 nitrogen and oxygen atoms in total. The third-order valence-electron chi connectivity index (χ3n) is 4.21. The smallest absolute Gasteiger partial charge is 0.259 e. The lowest BCUT2D eigenvalue weighted by atomic mass is 10.1. The van der Waals surface area contributed by atoms with Crippen LogP contribution in [0, 0.1) is 5.82 Å². The summed E-state index contributed by atoms with van der Waals surface area (Å²) in [7, 11) is 0. The van der Waals surface area contributed by atoms with Crippen molar-refractivity contribution in [2.24, 2.45) is 0 Å². The van der Waals surface area contributed by atoms with Crippen molar-refractivity contribution in [3.63, 3.8) is 0 Å². The number of benzene rings is 2. The van der Waals surface area contributed by atoms with Gasteiger partial charge in [0.2, 0.25) is 0 Å². The van der Waals surface area contributed by atoms with E-state index in [1.807, 2.05) is 18.2 Å². The second kappa shape index (κ2) is 8.28. The average Bonchev–Trinajstić information content (AvgIpc) is 2.76. The number of nitrogens with one attached hydrogen (secondary N) is 1. The number of hydrogen-bond donors (Lipinski definition) is 1. The first-order valence-corrected chi connectivity index (χ1v) is 9.50. The van der Waals surface area contributed by atoms with E-state index < -0.39 is 0 Å². The van der Waals surface area contributed by atoms with Gasteiger partial charge in [-0.25, -0.2) is 14.4 Å². The molecule has 2 aromatic carbocycles. The van der Waals surface area contributed by atoms with Gasteiger partial charge < -0.3 is 5.32 Å². The van der Waals surface area contributed by atoms with Crippen molar-refractivity contribution in [2.45, 2.75) is 0 Å². The van der Waals surface area contributed by atoms with Crippen molar-refractivity contribution in [3.05, 3.63) is 95.1 Å². The van der Waals surface area contributed by atoms with Crippen LogP contribution < -0.4 is 5.32 Å². The zero-order chi connectivity index (χ0) is 20.2. The molecule has 1 N–H and O–H groups in total. The van der Waals surface area contributed by atoms with Crippen LogP contribution in [0.25, 0.3) is 22.6 Å². The predicted molar refractivity (Wildman–Crippen MR) is 113 cm³/mol. The van der Waals surface area contributed by atoms with Crippen LogP contribution in [0.5, 0.6) is 0 Å². The molecule has 7 heteroatoms. The van der Waals surface area contributed by atoms with Crippen molar-refractivity contribution >= 4 is 27.5 Å². The number of halogens is 2. The van der Waals surface area contributed by atoms with Crippen LogP contribution in [-0.2, 0) is 0 Å². The Hall–Kier alpha value is -3.45. The van der Waals surface area contributed by atoms with E-state index in [-0.39, 0.29) is 11.7 Å². The number of anilines is 1. The Morgan fingerprint density at radius 3 is 2.38 bits per heavy atom. The van der Waals surface area contributed by atoms with Crippen LogP contribution in [0.15, 0.2) is 83.7 Å². The summed E-state index contributed by atoms with van der Waals surface area (Å²) in [6.45, 7) is 0. The number of aromatic nitrogens is 3. The predicted octanol–water partition coefficient (Wildman–Crippen LogP) is 5.36. The number of para-hydroxylation sites is 1. The molecule has 1 amide bonds. The average molecular weight is 449 g/mol. The summed E-state index contributed by atoms with van der Waals surface area (Å²) in [5, 5.41) is 2.87. The minimum atomic E-state index is -0.340. The van der Waals surface area contributed by atoms with Gasteiger partial charge in [0.15, 0.2) is 5.82 Å². The molecule has 0 spiro atoms. The van der Waals surface area contributed by atoms with Gasteiger partial charge in [-0.2, -0.15) is 0 Å². The first-order valence-electron chi connectivity index (χ1n) is 8.71. The van der Waals surface area contributed by atoms with E-state index in [2.05, 4.69) is 36.2 Å². The van der Waals surface area contributed by atoms with Crippen molar-refractivity contribution in [1.29, 1.82) is 0 Å². The number of nitrogens with zero attached hydrogens (tertiary/aromatic N) is 3. The number of carbonyl (C=O) groups excluding carboxylic acids is 1. The SMILES string of the molecule is O=C(Nc1ccccc1Br)c1cnc(-c2ccc(F)cc2)nc1-c1ccncc1. The molecule has 0 bridgehead atoms. The fourth-order valence-corrected chi connectivity index (χ4v) is 3.15. The van der Waals surface area contributed by atoms with Gasteiger partial charge in [-0.3, -0.25) is 9.78 Å². The Kier molecular flexibility index (Phi) is 5.39. The molecule has 142 valence electrons. The highest BCUT2D eigenvalue weighted by atomic mass is 79.9. The highest BCUT2D eigenvalue weighted by Crippen LogP contribution is 2.27. The van der Waals surface area contributed by atoms with E-state index in [1.165, 1.54) is 18.3 Å². The fourth-order valence-electron chi connectivity index (χ4n) is 2.77. The Bertz CT molecular complexity index is 1170. The molecular formula is C22H14BrFN4O. The maximum Gasteiger partial charge on any atom is 0.259 e. The van der Waals surface area contributed by atoms with Crippen LogP contribution in [0.2, 0.25) is 0 Å². The molecule has 0 unspecified atom stereocenters. The number of pyridine rings is 1. The van der Waals surface area contributed by atoms with Crippen molar-refractivity contribution in [2.75, 3.05) is 5.32 Å². The van der Waals surface area contributed by atoms with Crippen LogP contribution >= 0.6 is 15.9 Å². The third kappa shape index (κ3) is 4.20. The van der Waals surface area contributed by atoms with Crippen molar-refractivity contribution in [3.8, 4) is 22.6 Å². The summed E-state index contributed by atoms with van der Waals surface area (Å²) in [5.41, 5.74) is 2.80. The molecule has 0 aliphatic rings. The van der Waals surface area contributed by atoms with Gasteiger partial charge in [-0.05, 0) is 64.5 Å². The highest BCUT2D eigenvalue weighted by Gasteiger charge is 2.18. The number of amides is 1. The van der Waals surface area contributed by atoms with E-state index in [4.69, 9.17) is 0 Å². The Balaban J connectivity index is 1.78. The molecule has 29 heavy (non-hydrogen) atoms. The quantitative estimate of drug-likeness (QED) is 0.456. The van der Waals surface area contributed by atoms with Gasteiger partial charge in [0.05, 0.1) is 16.9 Å². The molecule has 0 aliphatic carbocycles. The van der Waals surface area contributed by atoms with Crippen LogP contribution in [0.3, 0.4) is 0 Å². The molecule has 2 heterocycles. The molecule has 0 saturated heterocycles. The Labute approximate surface area is 174 Å². The van der Waals surface area contributed by atoms with E-state index in [0.29, 0.717) is 28.3 Å². The second-order valence-electron chi connectivity index (χ2n) is 6.13. The largest absolute Gasteiger partial charge is 0.321 e. The molecule has 0 saturated carbocycles. The number of carbonyl (C=O) groups is 1. The zero-order valence-electron chi connectivity index (χ0n) is 15.0. The molecule has 2 aromatic heterocycles. The lowest BCUT2D eigenvalue weighted by Crippen LogP contribution is -2.15. The first-order chi connectivity index (χ1) is 14.1. The first kappa shape index (κ1) is 18.9. The Morgan fingerprint density at radius 1 is 0.931 bits per heavy atom. The van der Waals surface area contributed by atoms with Crippen molar-refractivity contribution in [1.82, 2.24) is 15.0 Å². The summed E-state index contributed by atoms with van der Waals surface area (Å²) in [5.74, 6) is -0.281. The molecule has 0 radical (unpaired) electrons. The number of rotatable bonds is 4. The molecular weight excluding hydrogens is 435 g/mol. The monoisotopic (exact) mass is 448 g/mol. The molecule has 0 fully saturated rings. The summed E-state index contributed by atoms with van der Waals surface area (Å²) >= 11 is 3.42. The fraction of sp³-hybridized carbons (Fsp3) is 0. The van der Waals surface area contributed by atoms with E-state index in [0.717, 1.165) is 10.0 Å². The van der Waals surface area contributed by atoms with Crippen LogP contribution in [0.4, 0.5) is 10.1 Å².